The Labute approximate surface area is 245 Å². The lowest BCUT2D eigenvalue weighted by molar-refractivity contribution is -0.277. The van der Waals surface area contributed by atoms with Gasteiger partial charge in [-0.15, -0.1) is 0 Å². The Morgan fingerprint density at radius 1 is 0.795 bits per heavy atom. The number of ether oxygens (including phenoxy) is 4. The molecular formula is C27H28O17. The van der Waals surface area contributed by atoms with Crippen molar-refractivity contribution in [3.63, 3.8) is 0 Å². The van der Waals surface area contributed by atoms with Crippen LogP contribution in [0.25, 0.3) is 22.3 Å². The first kappa shape index (κ1) is 31.4. The number of aliphatic hydroxyl groups is 7. The minimum absolute atomic E-state index is 0.0946. The van der Waals surface area contributed by atoms with Crippen LogP contribution in [-0.2, 0) is 14.3 Å². The quantitative estimate of drug-likeness (QED) is 0.128. The third-order valence-electron chi connectivity index (χ3n) is 7.18. The van der Waals surface area contributed by atoms with Gasteiger partial charge in [0.25, 0.3) is 0 Å². The summed E-state index contributed by atoms with van der Waals surface area (Å²) >= 11 is 0. The molecule has 5 rings (SSSR count). The highest BCUT2D eigenvalue weighted by atomic mass is 16.7. The number of rotatable bonds is 7. The number of aromatic hydroxyl groups is 2. The van der Waals surface area contributed by atoms with E-state index in [1.165, 1.54) is 24.3 Å². The van der Waals surface area contributed by atoms with E-state index in [-0.39, 0.29) is 28.4 Å². The van der Waals surface area contributed by atoms with Gasteiger partial charge in [-0.2, -0.15) is 0 Å². The average Bonchev–Trinajstić information content (AvgIpc) is 2.98. The number of carboxylic acid groups (broad SMARTS) is 1. The maximum absolute atomic E-state index is 13.7. The van der Waals surface area contributed by atoms with Crippen molar-refractivity contribution in [3.05, 3.63) is 46.6 Å². The van der Waals surface area contributed by atoms with Gasteiger partial charge in [0.1, 0.15) is 70.9 Å². The molecule has 0 radical (unpaired) electrons. The number of hydrogen-bond acceptors (Lipinski definition) is 16. The molecule has 17 nitrogen and oxygen atoms in total. The van der Waals surface area contributed by atoms with Crippen molar-refractivity contribution >= 4 is 16.9 Å². The highest BCUT2D eigenvalue weighted by Gasteiger charge is 2.49. The zero-order valence-corrected chi connectivity index (χ0v) is 22.3. The summed E-state index contributed by atoms with van der Waals surface area (Å²) in [5.74, 6) is -4.00. The molecule has 0 bridgehead atoms. The summed E-state index contributed by atoms with van der Waals surface area (Å²) in [6.45, 7) is -0.732. The first-order valence-electron chi connectivity index (χ1n) is 13.0. The van der Waals surface area contributed by atoms with Gasteiger partial charge in [-0.05, 0) is 24.3 Å². The fourth-order valence-electron chi connectivity index (χ4n) is 4.80. The Morgan fingerprint density at radius 3 is 2.02 bits per heavy atom. The van der Waals surface area contributed by atoms with E-state index < -0.39 is 96.3 Å². The number of phenolic OH excluding ortho intramolecular Hbond substituents is 2. The SMILES string of the molecule is O=C(O)C1O[C@@H](Oc2c(-c3ccc(O)cc3)oc3cc(O[C@@H]4OC(CO)[C@@H](O)[C@H](O)C4O)cc(O)c3c2=O)C(O)C(O)[C@@H]1O. The molecule has 0 spiro atoms. The van der Waals surface area contributed by atoms with Gasteiger partial charge in [0.05, 0.1) is 6.61 Å². The average molecular weight is 625 g/mol. The summed E-state index contributed by atoms with van der Waals surface area (Å²) in [4.78, 5) is 25.3. The molecule has 2 aliphatic heterocycles. The molecule has 2 aliphatic rings. The van der Waals surface area contributed by atoms with Crippen LogP contribution in [0.5, 0.6) is 23.0 Å². The molecule has 0 amide bonds. The zero-order chi connectivity index (χ0) is 32.0. The monoisotopic (exact) mass is 624 g/mol. The van der Waals surface area contributed by atoms with Crippen LogP contribution in [-0.4, -0.2) is 125 Å². The number of aliphatic carboxylic acids is 1. The Balaban J connectivity index is 1.58. The smallest absolute Gasteiger partial charge is 0.335 e. The lowest BCUT2D eigenvalue weighted by Crippen LogP contribution is -2.61. The van der Waals surface area contributed by atoms with Crippen molar-refractivity contribution in [2.24, 2.45) is 0 Å². The number of carboxylic acids is 1. The first-order valence-corrected chi connectivity index (χ1v) is 13.0. The van der Waals surface area contributed by atoms with Crippen molar-refractivity contribution in [1.29, 1.82) is 0 Å². The Hall–Kier alpha value is -4.04. The predicted octanol–water partition coefficient (Wildman–Crippen LogP) is -2.68. The molecule has 5 unspecified atom stereocenters. The molecule has 2 saturated heterocycles. The van der Waals surface area contributed by atoms with Gasteiger partial charge >= 0.3 is 5.97 Å². The standard InChI is InChI=1S/C27H28O17/c28-7-13-15(31)17(33)20(36)26(42-13)40-10-5-11(30)14-12(6-10)41-22(8-1-3-9(29)4-2-8)23(16(14)32)43-27-21(37)18(34)19(35)24(44-27)25(38)39/h1-6,13,15,17-21,24,26-31,33-37H,7H2,(H,38,39)/t13?,15-,17+,18?,19+,20?,21?,24?,26-,27-/m1/s1. The van der Waals surface area contributed by atoms with Crippen LogP contribution in [0.4, 0.5) is 0 Å². The van der Waals surface area contributed by atoms with E-state index in [1.54, 1.807) is 0 Å². The molecule has 0 aliphatic carbocycles. The van der Waals surface area contributed by atoms with Crippen LogP contribution < -0.4 is 14.9 Å². The summed E-state index contributed by atoms with van der Waals surface area (Å²) in [5, 5.41) is 99.8. The number of hydrogen-bond donors (Lipinski definition) is 10. The number of carbonyl (C=O) groups is 1. The second kappa shape index (κ2) is 12.2. The van der Waals surface area contributed by atoms with E-state index in [9.17, 15) is 60.7 Å². The topological polar surface area (TPSA) is 286 Å². The van der Waals surface area contributed by atoms with Crippen molar-refractivity contribution in [1.82, 2.24) is 0 Å². The van der Waals surface area contributed by atoms with Crippen LogP contribution in [0.1, 0.15) is 0 Å². The van der Waals surface area contributed by atoms with E-state index in [0.29, 0.717) is 0 Å². The maximum atomic E-state index is 13.7. The number of phenols is 2. The van der Waals surface area contributed by atoms with Crippen molar-refractivity contribution in [2.45, 2.75) is 61.4 Å². The molecule has 10 N–H and O–H groups in total. The molecule has 44 heavy (non-hydrogen) atoms. The van der Waals surface area contributed by atoms with Gasteiger partial charge in [0, 0.05) is 17.7 Å². The van der Waals surface area contributed by atoms with Crippen molar-refractivity contribution in [2.75, 3.05) is 6.61 Å². The normalized spacial score (nSPS) is 32.3. The van der Waals surface area contributed by atoms with Crippen molar-refractivity contribution in [3.8, 4) is 34.3 Å². The van der Waals surface area contributed by atoms with Crippen LogP contribution in [0.15, 0.2) is 45.6 Å². The largest absolute Gasteiger partial charge is 0.508 e. The Kier molecular flexibility index (Phi) is 8.67. The second-order valence-corrected chi connectivity index (χ2v) is 10.1. The molecule has 2 fully saturated rings. The molecule has 0 saturated carbocycles. The predicted molar refractivity (Wildman–Crippen MR) is 141 cm³/mol. The fraction of sp³-hybridized carbons (Fsp3) is 0.407. The molecule has 1 aromatic heterocycles. The molecule has 10 atom stereocenters. The second-order valence-electron chi connectivity index (χ2n) is 10.1. The summed E-state index contributed by atoms with van der Waals surface area (Å²) in [6, 6.07) is 7.07. The van der Waals surface area contributed by atoms with E-state index in [4.69, 9.17) is 23.4 Å². The van der Waals surface area contributed by atoms with Gasteiger partial charge in [-0.1, -0.05) is 0 Å². The molecule has 3 aromatic rings. The van der Waals surface area contributed by atoms with E-state index in [0.717, 1.165) is 12.1 Å². The van der Waals surface area contributed by atoms with Gasteiger partial charge in [0.2, 0.25) is 23.8 Å². The van der Waals surface area contributed by atoms with Crippen LogP contribution in [0, 0.1) is 0 Å². The first-order chi connectivity index (χ1) is 20.8. The fourth-order valence-corrected chi connectivity index (χ4v) is 4.80. The van der Waals surface area contributed by atoms with Crippen LogP contribution in [0.3, 0.4) is 0 Å². The van der Waals surface area contributed by atoms with Gasteiger partial charge in [-0.3, -0.25) is 4.79 Å². The molecule has 3 heterocycles. The lowest BCUT2D eigenvalue weighted by atomic mass is 9.99. The maximum Gasteiger partial charge on any atom is 0.335 e. The highest BCUT2D eigenvalue weighted by molar-refractivity contribution is 5.88. The summed E-state index contributed by atoms with van der Waals surface area (Å²) in [7, 11) is 0. The van der Waals surface area contributed by atoms with Gasteiger partial charge < -0.3 is 74.4 Å². The molecule has 2 aromatic carbocycles. The van der Waals surface area contributed by atoms with E-state index in [2.05, 4.69) is 0 Å². The lowest BCUT2D eigenvalue weighted by Gasteiger charge is -2.39. The van der Waals surface area contributed by atoms with Crippen LogP contribution in [0.2, 0.25) is 0 Å². The van der Waals surface area contributed by atoms with E-state index >= 15 is 0 Å². The van der Waals surface area contributed by atoms with Gasteiger partial charge in [0.15, 0.2) is 11.9 Å². The molecular weight excluding hydrogens is 596 g/mol. The number of aliphatic hydroxyl groups excluding tert-OH is 7. The van der Waals surface area contributed by atoms with Gasteiger partial charge in [-0.25, -0.2) is 4.79 Å². The summed E-state index contributed by atoms with van der Waals surface area (Å²) in [6.07, 6.45) is -18.4. The molecule has 17 heteroatoms. The minimum Gasteiger partial charge on any atom is -0.508 e. The summed E-state index contributed by atoms with van der Waals surface area (Å²) in [5.41, 5.74) is -1.32. The number of fused-ring (bicyclic) bond motifs is 1. The third-order valence-corrected chi connectivity index (χ3v) is 7.18. The zero-order valence-electron chi connectivity index (χ0n) is 22.3. The van der Waals surface area contributed by atoms with Crippen molar-refractivity contribution < 1.29 is 79.2 Å². The van der Waals surface area contributed by atoms with Crippen LogP contribution >= 0.6 is 0 Å². The molecule has 238 valence electrons. The highest BCUT2D eigenvalue weighted by Crippen LogP contribution is 2.38. The number of benzene rings is 2. The third kappa shape index (κ3) is 5.63. The Morgan fingerprint density at radius 2 is 1.41 bits per heavy atom. The Bertz CT molecular complexity index is 1570. The summed E-state index contributed by atoms with van der Waals surface area (Å²) < 4.78 is 27.4. The minimum atomic E-state index is -2.06. The van der Waals surface area contributed by atoms with E-state index in [1.807, 2.05) is 0 Å².